The average Bonchev–Trinajstić information content (AvgIpc) is 3.19. The standard InChI is InChI=1S/C23H19F4N5O2S/c1-35(33,34)13-7-9-18-16(11-13)21(30-22-15-10-12(24)6-8-19(15)31-32-22)29-20(28-18)14-4-2-3-5-17(14)23(25,26)27/h2-6,8,10,13H,7,9,11H2,1H3,(H2,28,29,30,31,32). The summed E-state index contributed by atoms with van der Waals surface area (Å²) in [6.07, 6.45) is -2.84. The van der Waals surface area contributed by atoms with E-state index in [1.54, 1.807) is 0 Å². The normalized spacial score (nSPS) is 16.3. The molecule has 2 N–H and O–H groups in total. The molecule has 1 aliphatic rings. The SMILES string of the molecule is CS(=O)(=O)C1CCc2nc(-c3ccccc3C(F)(F)F)nc(Nc3n[nH]c4ccc(F)cc34)c2C1. The topological polar surface area (TPSA) is 101 Å². The summed E-state index contributed by atoms with van der Waals surface area (Å²) in [5.74, 6) is -0.309. The van der Waals surface area contributed by atoms with E-state index in [-0.39, 0.29) is 35.9 Å². The number of benzene rings is 2. The van der Waals surface area contributed by atoms with E-state index < -0.39 is 32.6 Å². The fourth-order valence-corrected chi connectivity index (χ4v) is 5.30. The molecule has 0 radical (unpaired) electrons. The Bertz CT molecular complexity index is 1550. The zero-order valence-electron chi connectivity index (χ0n) is 18.3. The van der Waals surface area contributed by atoms with Crippen molar-refractivity contribution in [1.82, 2.24) is 20.2 Å². The van der Waals surface area contributed by atoms with Gasteiger partial charge in [-0.25, -0.2) is 22.8 Å². The first-order valence-electron chi connectivity index (χ1n) is 10.7. The molecule has 182 valence electrons. The summed E-state index contributed by atoms with van der Waals surface area (Å²) in [6, 6.07) is 9.01. The van der Waals surface area contributed by atoms with Crippen LogP contribution in [0, 0.1) is 5.82 Å². The van der Waals surface area contributed by atoms with E-state index in [2.05, 4.69) is 25.5 Å². The number of alkyl halides is 3. The van der Waals surface area contributed by atoms with Crippen molar-refractivity contribution in [3.63, 3.8) is 0 Å². The lowest BCUT2D eigenvalue weighted by Crippen LogP contribution is -2.29. The molecule has 12 heteroatoms. The Hall–Kier alpha value is -3.54. The molecule has 0 amide bonds. The van der Waals surface area contributed by atoms with Gasteiger partial charge in [0, 0.05) is 28.5 Å². The number of nitrogens with zero attached hydrogens (tertiary/aromatic N) is 3. The second-order valence-electron chi connectivity index (χ2n) is 8.45. The molecule has 1 aliphatic carbocycles. The Kier molecular flexibility index (Phi) is 5.50. The quantitative estimate of drug-likeness (QED) is 0.386. The predicted molar refractivity (Wildman–Crippen MR) is 122 cm³/mol. The first-order valence-corrected chi connectivity index (χ1v) is 12.6. The lowest BCUT2D eigenvalue weighted by molar-refractivity contribution is -0.137. The summed E-state index contributed by atoms with van der Waals surface area (Å²) in [5.41, 5.74) is 0.387. The molecule has 5 rings (SSSR count). The van der Waals surface area contributed by atoms with Crippen LogP contribution in [0.2, 0.25) is 0 Å². The van der Waals surface area contributed by atoms with Crippen LogP contribution in [0.4, 0.5) is 29.2 Å². The Morgan fingerprint density at radius 1 is 1.09 bits per heavy atom. The average molecular weight is 505 g/mol. The molecule has 1 atom stereocenters. The summed E-state index contributed by atoms with van der Waals surface area (Å²) in [4.78, 5) is 8.79. The fourth-order valence-electron chi connectivity index (χ4n) is 4.29. The highest BCUT2D eigenvalue weighted by atomic mass is 32.2. The number of aromatic nitrogens is 4. The predicted octanol–water partition coefficient (Wildman–Crippen LogP) is 4.82. The van der Waals surface area contributed by atoms with Crippen molar-refractivity contribution in [3.05, 3.63) is 65.1 Å². The minimum Gasteiger partial charge on any atom is -0.323 e. The number of aromatic amines is 1. The van der Waals surface area contributed by atoms with Gasteiger partial charge in [-0.3, -0.25) is 5.10 Å². The third kappa shape index (κ3) is 4.45. The van der Waals surface area contributed by atoms with Gasteiger partial charge in [0.1, 0.15) is 11.6 Å². The van der Waals surface area contributed by atoms with E-state index in [0.29, 0.717) is 28.6 Å². The Morgan fingerprint density at radius 3 is 2.60 bits per heavy atom. The largest absolute Gasteiger partial charge is 0.417 e. The number of rotatable bonds is 4. The highest BCUT2D eigenvalue weighted by molar-refractivity contribution is 7.91. The molecule has 1 unspecified atom stereocenters. The number of sulfone groups is 1. The lowest BCUT2D eigenvalue weighted by atomic mass is 9.95. The van der Waals surface area contributed by atoms with Crippen LogP contribution in [0.25, 0.3) is 22.3 Å². The lowest BCUT2D eigenvalue weighted by Gasteiger charge is -2.25. The van der Waals surface area contributed by atoms with Crippen LogP contribution in [-0.2, 0) is 28.9 Å². The first kappa shape index (κ1) is 23.2. The molecule has 35 heavy (non-hydrogen) atoms. The van der Waals surface area contributed by atoms with Crippen LogP contribution < -0.4 is 5.32 Å². The van der Waals surface area contributed by atoms with Gasteiger partial charge in [0.2, 0.25) is 0 Å². The molecule has 0 aliphatic heterocycles. The van der Waals surface area contributed by atoms with Gasteiger partial charge in [-0.2, -0.15) is 18.3 Å². The van der Waals surface area contributed by atoms with Crippen molar-refractivity contribution in [2.24, 2.45) is 0 Å². The van der Waals surface area contributed by atoms with Gasteiger partial charge in [-0.15, -0.1) is 0 Å². The van der Waals surface area contributed by atoms with E-state index >= 15 is 0 Å². The maximum Gasteiger partial charge on any atom is 0.417 e. The van der Waals surface area contributed by atoms with E-state index in [1.165, 1.54) is 36.4 Å². The summed E-state index contributed by atoms with van der Waals surface area (Å²) in [5, 5.41) is 9.62. The number of H-pyrrole nitrogens is 1. The smallest absolute Gasteiger partial charge is 0.323 e. The van der Waals surface area contributed by atoms with Crippen LogP contribution in [-0.4, -0.2) is 40.1 Å². The number of halogens is 4. The van der Waals surface area contributed by atoms with Gasteiger partial charge < -0.3 is 5.32 Å². The van der Waals surface area contributed by atoms with Crippen LogP contribution >= 0.6 is 0 Å². The highest BCUT2D eigenvalue weighted by Crippen LogP contribution is 2.38. The van der Waals surface area contributed by atoms with Gasteiger partial charge in [0.15, 0.2) is 21.5 Å². The van der Waals surface area contributed by atoms with E-state index in [9.17, 15) is 26.0 Å². The van der Waals surface area contributed by atoms with Crippen LogP contribution in [0.3, 0.4) is 0 Å². The summed E-state index contributed by atoms with van der Waals surface area (Å²) in [7, 11) is -3.38. The number of anilines is 2. The second-order valence-corrected chi connectivity index (χ2v) is 10.8. The molecule has 0 saturated heterocycles. The number of hydrogen-bond acceptors (Lipinski definition) is 6. The van der Waals surface area contributed by atoms with Crippen molar-refractivity contribution in [2.75, 3.05) is 11.6 Å². The zero-order valence-corrected chi connectivity index (χ0v) is 19.1. The Morgan fingerprint density at radius 2 is 1.86 bits per heavy atom. The van der Waals surface area contributed by atoms with Gasteiger partial charge >= 0.3 is 6.18 Å². The van der Waals surface area contributed by atoms with Crippen molar-refractivity contribution in [1.29, 1.82) is 0 Å². The molecule has 2 aromatic heterocycles. The molecule has 0 bridgehead atoms. The summed E-state index contributed by atoms with van der Waals surface area (Å²) in [6.45, 7) is 0. The van der Waals surface area contributed by atoms with E-state index in [4.69, 9.17) is 0 Å². The van der Waals surface area contributed by atoms with Crippen LogP contribution in [0.1, 0.15) is 23.2 Å². The zero-order chi connectivity index (χ0) is 25.0. The highest BCUT2D eigenvalue weighted by Gasteiger charge is 2.35. The minimum absolute atomic E-state index is 0.0917. The van der Waals surface area contributed by atoms with Crippen molar-refractivity contribution in [2.45, 2.75) is 30.7 Å². The molecular formula is C23H19F4N5O2S. The maximum atomic E-state index is 13.9. The molecular weight excluding hydrogens is 486 g/mol. The van der Waals surface area contributed by atoms with E-state index in [1.807, 2.05) is 0 Å². The minimum atomic E-state index is -4.62. The molecule has 2 heterocycles. The van der Waals surface area contributed by atoms with Crippen molar-refractivity contribution < 1.29 is 26.0 Å². The molecule has 0 spiro atoms. The van der Waals surface area contributed by atoms with Crippen LogP contribution in [0.15, 0.2) is 42.5 Å². The fraction of sp³-hybridized carbons (Fsp3) is 0.261. The number of fused-ring (bicyclic) bond motifs is 2. The van der Waals surface area contributed by atoms with Crippen molar-refractivity contribution >= 4 is 32.4 Å². The third-order valence-electron chi connectivity index (χ3n) is 6.07. The van der Waals surface area contributed by atoms with Gasteiger partial charge in [-0.1, -0.05) is 18.2 Å². The first-order chi connectivity index (χ1) is 16.5. The Balaban J connectivity index is 1.68. The molecule has 0 fully saturated rings. The number of nitrogens with one attached hydrogen (secondary N) is 2. The second kappa shape index (κ2) is 8.29. The molecule has 2 aromatic carbocycles. The summed E-state index contributed by atoms with van der Waals surface area (Å²) < 4.78 is 79.4. The van der Waals surface area contributed by atoms with Crippen LogP contribution in [0.5, 0.6) is 0 Å². The van der Waals surface area contributed by atoms with E-state index in [0.717, 1.165) is 12.3 Å². The monoisotopic (exact) mass is 505 g/mol. The van der Waals surface area contributed by atoms with Gasteiger partial charge in [0.25, 0.3) is 0 Å². The summed E-state index contributed by atoms with van der Waals surface area (Å²) >= 11 is 0. The van der Waals surface area contributed by atoms with Gasteiger partial charge in [-0.05, 0) is 43.5 Å². The number of aryl methyl sites for hydroxylation is 1. The third-order valence-corrected chi connectivity index (χ3v) is 7.68. The van der Waals surface area contributed by atoms with Crippen molar-refractivity contribution in [3.8, 4) is 11.4 Å². The number of hydrogen-bond donors (Lipinski definition) is 2. The Labute approximate surface area is 197 Å². The molecule has 4 aromatic rings. The maximum absolute atomic E-state index is 13.9. The molecule has 7 nitrogen and oxygen atoms in total. The van der Waals surface area contributed by atoms with Gasteiger partial charge in [0.05, 0.1) is 16.3 Å². The molecule has 0 saturated carbocycles.